The average Bonchev–Trinajstić information content (AvgIpc) is 3.02. The summed E-state index contributed by atoms with van der Waals surface area (Å²) < 4.78 is 15.0. The molecule has 1 heterocycles. The predicted molar refractivity (Wildman–Crippen MR) is 85.7 cm³/mol. The molecule has 0 radical (unpaired) electrons. The summed E-state index contributed by atoms with van der Waals surface area (Å²) >= 11 is 0. The third-order valence-electron chi connectivity index (χ3n) is 3.38. The molecule has 0 spiro atoms. The van der Waals surface area contributed by atoms with E-state index in [4.69, 9.17) is 0 Å². The number of nitrogens with zero attached hydrogens (tertiary/aromatic N) is 2. The number of nitriles is 1. The molecule has 0 bridgehead atoms. The van der Waals surface area contributed by atoms with Crippen LogP contribution in [0.1, 0.15) is 11.3 Å². The molecule has 0 aliphatic heterocycles. The molecule has 0 saturated heterocycles. The van der Waals surface area contributed by atoms with Crippen molar-refractivity contribution in [2.75, 3.05) is 0 Å². The molecular weight excluding hydrogens is 275 g/mol. The summed E-state index contributed by atoms with van der Waals surface area (Å²) in [5, 5.41) is 9.39. The zero-order valence-corrected chi connectivity index (χ0v) is 11.8. The summed E-state index contributed by atoms with van der Waals surface area (Å²) in [4.78, 5) is 0. The van der Waals surface area contributed by atoms with Gasteiger partial charge >= 0.3 is 0 Å². The largest absolute Gasteiger partial charge is 0.317 e. The molecule has 3 heteroatoms. The van der Waals surface area contributed by atoms with E-state index in [9.17, 15) is 9.65 Å². The lowest BCUT2D eigenvalue weighted by Crippen LogP contribution is -1.94. The number of allylic oxidation sites excluding steroid dienone is 1. The smallest absolute Gasteiger partial charge is 0.123 e. The average molecular weight is 288 g/mol. The quantitative estimate of drug-likeness (QED) is 0.643. The highest BCUT2D eigenvalue weighted by molar-refractivity contribution is 5.89. The molecule has 2 nitrogen and oxygen atoms in total. The van der Waals surface area contributed by atoms with Crippen LogP contribution >= 0.6 is 0 Å². The van der Waals surface area contributed by atoms with Crippen LogP contribution in [-0.2, 0) is 0 Å². The first-order chi connectivity index (χ1) is 10.8. The van der Waals surface area contributed by atoms with Crippen molar-refractivity contribution in [3.63, 3.8) is 0 Å². The van der Waals surface area contributed by atoms with Crippen molar-refractivity contribution in [3.8, 4) is 11.8 Å². The summed E-state index contributed by atoms with van der Waals surface area (Å²) in [6, 6.07) is 21.9. The van der Waals surface area contributed by atoms with Crippen molar-refractivity contribution >= 4 is 11.6 Å². The Labute approximate surface area is 128 Å². The summed E-state index contributed by atoms with van der Waals surface area (Å²) in [5.74, 6) is -0.311. The molecule has 0 N–H and O–H groups in total. The molecular formula is C19H13FN2. The van der Waals surface area contributed by atoms with Crippen molar-refractivity contribution in [2.24, 2.45) is 0 Å². The van der Waals surface area contributed by atoms with Crippen LogP contribution < -0.4 is 0 Å². The maximum Gasteiger partial charge on any atom is 0.123 e. The second-order valence-electron chi connectivity index (χ2n) is 4.82. The second kappa shape index (κ2) is 6.11. The summed E-state index contributed by atoms with van der Waals surface area (Å²) in [5.41, 5.74) is 3.11. The van der Waals surface area contributed by atoms with Crippen molar-refractivity contribution < 1.29 is 4.39 Å². The third kappa shape index (κ3) is 2.82. The summed E-state index contributed by atoms with van der Waals surface area (Å²) in [6.45, 7) is 0. The van der Waals surface area contributed by atoms with Crippen molar-refractivity contribution in [1.29, 1.82) is 5.26 Å². The molecule has 1 aromatic heterocycles. The van der Waals surface area contributed by atoms with E-state index in [-0.39, 0.29) is 5.82 Å². The van der Waals surface area contributed by atoms with Crippen LogP contribution in [0.15, 0.2) is 72.9 Å². The molecule has 0 aliphatic carbocycles. The number of benzene rings is 2. The molecule has 0 unspecified atom stereocenters. The number of halogens is 1. The lowest BCUT2D eigenvalue weighted by Gasteiger charge is -2.07. The molecule has 22 heavy (non-hydrogen) atoms. The number of hydrogen-bond acceptors (Lipinski definition) is 1. The van der Waals surface area contributed by atoms with Crippen molar-refractivity contribution in [2.45, 2.75) is 0 Å². The van der Waals surface area contributed by atoms with E-state index in [1.54, 1.807) is 18.2 Å². The van der Waals surface area contributed by atoms with Crippen molar-refractivity contribution in [1.82, 2.24) is 4.57 Å². The van der Waals surface area contributed by atoms with Gasteiger partial charge in [-0.3, -0.25) is 0 Å². The molecule has 0 atom stereocenters. The first kappa shape index (κ1) is 13.8. The van der Waals surface area contributed by atoms with Crippen LogP contribution in [0.25, 0.3) is 17.3 Å². The molecule has 3 rings (SSSR count). The highest BCUT2D eigenvalue weighted by Gasteiger charge is 2.05. The van der Waals surface area contributed by atoms with E-state index < -0.39 is 0 Å². The Morgan fingerprint density at radius 1 is 0.955 bits per heavy atom. The van der Waals surface area contributed by atoms with E-state index in [0.717, 1.165) is 11.4 Å². The van der Waals surface area contributed by atoms with Gasteiger partial charge in [-0.05, 0) is 48.0 Å². The van der Waals surface area contributed by atoms with Gasteiger partial charge in [0.2, 0.25) is 0 Å². The number of rotatable bonds is 3. The molecule has 0 aliphatic rings. The van der Waals surface area contributed by atoms with Crippen LogP contribution in [0.5, 0.6) is 0 Å². The standard InChI is InChI=1S/C19H13FN2/c20-17-10-8-15(9-11-17)16(14-21)13-19-7-4-12-22(19)18-5-2-1-3-6-18/h1-13H/b16-13+. The fourth-order valence-electron chi connectivity index (χ4n) is 2.29. The Morgan fingerprint density at radius 2 is 1.68 bits per heavy atom. The summed E-state index contributed by atoms with van der Waals surface area (Å²) in [6.07, 6.45) is 3.75. The molecule has 0 fully saturated rings. The van der Waals surface area contributed by atoms with Gasteiger partial charge in [0.25, 0.3) is 0 Å². The molecule has 0 amide bonds. The van der Waals surface area contributed by atoms with E-state index in [0.29, 0.717) is 11.1 Å². The first-order valence-electron chi connectivity index (χ1n) is 6.88. The Kier molecular flexibility index (Phi) is 3.84. The van der Waals surface area contributed by atoms with Gasteiger partial charge in [-0.2, -0.15) is 5.26 Å². The van der Waals surface area contributed by atoms with E-state index in [1.807, 2.05) is 53.2 Å². The second-order valence-corrected chi connectivity index (χ2v) is 4.82. The normalized spacial score (nSPS) is 11.2. The van der Waals surface area contributed by atoms with Gasteiger partial charge in [0, 0.05) is 17.6 Å². The van der Waals surface area contributed by atoms with Crippen LogP contribution in [0.2, 0.25) is 0 Å². The maximum absolute atomic E-state index is 13.0. The molecule has 0 saturated carbocycles. The van der Waals surface area contributed by atoms with Gasteiger partial charge in [-0.15, -0.1) is 0 Å². The summed E-state index contributed by atoms with van der Waals surface area (Å²) in [7, 11) is 0. The number of hydrogen-bond donors (Lipinski definition) is 0. The topological polar surface area (TPSA) is 28.7 Å². The minimum atomic E-state index is -0.311. The van der Waals surface area contributed by atoms with E-state index in [1.165, 1.54) is 12.1 Å². The van der Waals surface area contributed by atoms with Gasteiger partial charge in [-0.25, -0.2) is 4.39 Å². The van der Waals surface area contributed by atoms with Gasteiger partial charge in [0.15, 0.2) is 0 Å². The van der Waals surface area contributed by atoms with Crippen LogP contribution in [0.3, 0.4) is 0 Å². The molecule has 3 aromatic rings. The molecule has 106 valence electrons. The monoisotopic (exact) mass is 288 g/mol. The predicted octanol–water partition coefficient (Wildman–Crippen LogP) is 4.68. The maximum atomic E-state index is 13.0. The Hall–Kier alpha value is -3.12. The lowest BCUT2D eigenvalue weighted by molar-refractivity contribution is 0.627. The highest BCUT2D eigenvalue weighted by atomic mass is 19.1. The van der Waals surface area contributed by atoms with Crippen LogP contribution in [0, 0.1) is 17.1 Å². The van der Waals surface area contributed by atoms with E-state index in [2.05, 4.69) is 6.07 Å². The van der Waals surface area contributed by atoms with Gasteiger partial charge < -0.3 is 4.57 Å². The first-order valence-corrected chi connectivity index (χ1v) is 6.88. The third-order valence-corrected chi connectivity index (χ3v) is 3.38. The lowest BCUT2D eigenvalue weighted by atomic mass is 10.1. The highest BCUT2D eigenvalue weighted by Crippen LogP contribution is 2.20. The Bertz CT molecular complexity index is 837. The fourth-order valence-corrected chi connectivity index (χ4v) is 2.29. The van der Waals surface area contributed by atoms with Crippen molar-refractivity contribution in [3.05, 3.63) is 90.0 Å². The SMILES string of the molecule is N#C/C(=C\c1cccn1-c1ccccc1)c1ccc(F)cc1. The number of para-hydroxylation sites is 1. The zero-order valence-electron chi connectivity index (χ0n) is 11.8. The molecule has 2 aromatic carbocycles. The Balaban J connectivity index is 2.03. The number of aromatic nitrogens is 1. The van der Waals surface area contributed by atoms with Gasteiger partial charge in [0.05, 0.1) is 11.6 Å². The minimum absolute atomic E-state index is 0.311. The minimum Gasteiger partial charge on any atom is -0.317 e. The fraction of sp³-hybridized carbons (Fsp3) is 0. The van der Waals surface area contributed by atoms with Gasteiger partial charge in [-0.1, -0.05) is 30.3 Å². The zero-order chi connectivity index (χ0) is 15.4. The van der Waals surface area contributed by atoms with Gasteiger partial charge in [0.1, 0.15) is 5.82 Å². The van der Waals surface area contributed by atoms with Crippen LogP contribution in [-0.4, -0.2) is 4.57 Å². The Morgan fingerprint density at radius 3 is 2.36 bits per heavy atom. The van der Waals surface area contributed by atoms with E-state index >= 15 is 0 Å². The van der Waals surface area contributed by atoms with Crippen LogP contribution in [0.4, 0.5) is 4.39 Å².